The van der Waals surface area contributed by atoms with Gasteiger partial charge in [-0.15, -0.1) is 0 Å². The maximum absolute atomic E-state index is 12.6. The summed E-state index contributed by atoms with van der Waals surface area (Å²) < 4.78 is 0. The molecule has 1 aromatic rings. The average Bonchev–Trinajstić information content (AvgIpc) is 3.31. The summed E-state index contributed by atoms with van der Waals surface area (Å²) in [6.07, 6.45) is 3.99. The summed E-state index contributed by atoms with van der Waals surface area (Å²) in [6, 6.07) is 8.41. The molecule has 0 spiro atoms. The minimum absolute atomic E-state index is 0.0529. The summed E-state index contributed by atoms with van der Waals surface area (Å²) in [5.74, 6) is 0.608. The van der Waals surface area contributed by atoms with Crippen LogP contribution in [0.15, 0.2) is 24.3 Å². The van der Waals surface area contributed by atoms with Gasteiger partial charge in [-0.1, -0.05) is 31.2 Å². The van der Waals surface area contributed by atoms with E-state index >= 15 is 0 Å². The van der Waals surface area contributed by atoms with Crippen molar-refractivity contribution in [2.45, 2.75) is 57.9 Å². The van der Waals surface area contributed by atoms with E-state index in [0.29, 0.717) is 12.3 Å². The number of hydrogen-bond acceptors (Lipinski definition) is 2. The summed E-state index contributed by atoms with van der Waals surface area (Å²) in [7, 11) is 0. The fourth-order valence-corrected chi connectivity index (χ4v) is 2.70. The number of carbonyl (C=O) groups excluding carboxylic acids is 1. The molecule has 0 bridgehead atoms. The standard InChI is InChI=1S/C18H27NO2/c1-4-13-5-9-15(10-6-13)18(2,3)17(21)19-16(11-12-20)14-7-8-14/h5-6,9-10,14,16,20H,4,7-8,11-12H2,1-3H3,(H,19,21). The lowest BCUT2D eigenvalue weighted by atomic mass is 9.83. The van der Waals surface area contributed by atoms with Gasteiger partial charge in [-0.3, -0.25) is 4.79 Å². The van der Waals surface area contributed by atoms with E-state index in [9.17, 15) is 4.79 Å². The highest BCUT2D eigenvalue weighted by atomic mass is 16.3. The summed E-state index contributed by atoms with van der Waals surface area (Å²) in [4.78, 5) is 12.6. The number of benzene rings is 1. The molecule has 1 amide bonds. The maximum Gasteiger partial charge on any atom is 0.230 e. The van der Waals surface area contributed by atoms with Crippen molar-refractivity contribution in [3.63, 3.8) is 0 Å². The monoisotopic (exact) mass is 289 g/mol. The summed E-state index contributed by atoms with van der Waals surface area (Å²) >= 11 is 0. The third-order valence-corrected chi connectivity index (χ3v) is 4.60. The third-order valence-electron chi connectivity index (χ3n) is 4.60. The minimum Gasteiger partial charge on any atom is -0.396 e. The van der Waals surface area contributed by atoms with Crippen LogP contribution >= 0.6 is 0 Å². The molecule has 1 unspecified atom stereocenters. The number of aliphatic hydroxyl groups excluding tert-OH is 1. The van der Waals surface area contributed by atoms with Crippen molar-refractivity contribution in [1.82, 2.24) is 5.32 Å². The number of amides is 1. The fraction of sp³-hybridized carbons (Fsp3) is 0.611. The molecule has 2 rings (SSSR count). The van der Waals surface area contributed by atoms with Gasteiger partial charge in [-0.05, 0) is 56.6 Å². The zero-order chi connectivity index (χ0) is 15.5. The smallest absolute Gasteiger partial charge is 0.230 e. The van der Waals surface area contributed by atoms with E-state index in [4.69, 9.17) is 5.11 Å². The van der Waals surface area contributed by atoms with E-state index in [2.05, 4.69) is 36.5 Å². The Balaban J connectivity index is 2.07. The number of carbonyl (C=O) groups is 1. The van der Waals surface area contributed by atoms with E-state index in [1.165, 1.54) is 5.56 Å². The normalized spacial score (nSPS) is 16.6. The second kappa shape index (κ2) is 6.61. The molecule has 0 heterocycles. The molecule has 3 heteroatoms. The zero-order valence-corrected chi connectivity index (χ0v) is 13.4. The van der Waals surface area contributed by atoms with Crippen molar-refractivity contribution in [2.24, 2.45) is 5.92 Å². The Morgan fingerprint density at radius 3 is 2.43 bits per heavy atom. The van der Waals surface area contributed by atoms with E-state index in [1.807, 2.05) is 13.8 Å². The molecule has 1 saturated carbocycles. The van der Waals surface area contributed by atoms with Crippen molar-refractivity contribution in [3.05, 3.63) is 35.4 Å². The van der Waals surface area contributed by atoms with Gasteiger partial charge in [0.2, 0.25) is 5.91 Å². The number of rotatable bonds is 7. The van der Waals surface area contributed by atoms with Gasteiger partial charge in [-0.2, -0.15) is 0 Å². The van der Waals surface area contributed by atoms with E-state index in [1.54, 1.807) is 0 Å². The summed E-state index contributed by atoms with van der Waals surface area (Å²) in [6.45, 7) is 6.19. The predicted molar refractivity (Wildman–Crippen MR) is 85.2 cm³/mol. The molecule has 2 N–H and O–H groups in total. The Morgan fingerprint density at radius 1 is 1.33 bits per heavy atom. The van der Waals surface area contributed by atoms with Gasteiger partial charge in [0.15, 0.2) is 0 Å². The van der Waals surface area contributed by atoms with Crippen molar-refractivity contribution in [3.8, 4) is 0 Å². The van der Waals surface area contributed by atoms with Gasteiger partial charge >= 0.3 is 0 Å². The van der Waals surface area contributed by atoms with Gasteiger partial charge < -0.3 is 10.4 Å². The lowest BCUT2D eigenvalue weighted by molar-refractivity contribution is -0.126. The summed E-state index contributed by atoms with van der Waals surface area (Å²) in [5.41, 5.74) is 1.77. The second-order valence-electron chi connectivity index (χ2n) is 6.61. The first-order chi connectivity index (χ1) is 9.98. The van der Waals surface area contributed by atoms with Crippen LogP contribution in [0, 0.1) is 5.92 Å². The molecule has 0 saturated heterocycles. The topological polar surface area (TPSA) is 49.3 Å². The van der Waals surface area contributed by atoms with Crippen LogP contribution in [0.25, 0.3) is 0 Å². The van der Waals surface area contributed by atoms with E-state index in [0.717, 1.165) is 24.8 Å². The minimum atomic E-state index is -0.547. The Labute approximate surface area is 127 Å². The molecule has 0 aromatic heterocycles. The van der Waals surface area contributed by atoms with Crippen LogP contribution < -0.4 is 5.32 Å². The molecule has 1 fully saturated rings. The Kier molecular flexibility index (Phi) is 5.04. The molecular formula is C18H27NO2. The largest absolute Gasteiger partial charge is 0.396 e. The van der Waals surface area contributed by atoms with Crippen LogP contribution in [0.4, 0.5) is 0 Å². The lowest BCUT2D eigenvalue weighted by Crippen LogP contribution is -2.46. The van der Waals surface area contributed by atoms with Gasteiger partial charge in [0.05, 0.1) is 5.41 Å². The highest BCUT2D eigenvalue weighted by molar-refractivity contribution is 5.87. The average molecular weight is 289 g/mol. The van der Waals surface area contributed by atoms with Gasteiger partial charge in [0.1, 0.15) is 0 Å². The lowest BCUT2D eigenvalue weighted by Gasteiger charge is -2.28. The molecule has 1 aliphatic carbocycles. The van der Waals surface area contributed by atoms with Crippen molar-refractivity contribution >= 4 is 5.91 Å². The molecular weight excluding hydrogens is 262 g/mol. The molecule has 0 aliphatic heterocycles. The quantitative estimate of drug-likeness (QED) is 0.811. The highest BCUT2D eigenvalue weighted by Crippen LogP contribution is 2.34. The maximum atomic E-state index is 12.6. The van der Waals surface area contributed by atoms with E-state index in [-0.39, 0.29) is 18.6 Å². The Morgan fingerprint density at radius 2 is 1.95 bits per heavy atom. The Hall–Kier alpha value is -1.35. The van der Waals surface area contributed by atoms with Crippen LogP contribution in [0.3, 0.4) is 0 Å². The van der Waals surface area contributed by atoms with Gasteiger partial charge in [-0.25, -0.2) is 0 Å². The van der Waals surface area contributed by atoms with Gasteiger partial charge in [0.25, 0.3) is 0 Å². The van der Waals surface area contributed by atoms with E-state index < -0.39 is 5.41 Å². The fourth-order valence-electron chi connectivity index (χ4n) is 2.70. The molecule has 0 radical (unpaired) electrons. The molecule has 1 atom stereocenters. The number of hydrogen-bond donors (Lipinski definition) is 2. The number of aliphatic hydroxyl groups is 1. The zero-order valence-electron chi connectivity index (χ0n) is 13.4. The first-order valence-electron chi connectivity index (χ1n) is 8.00. The summed E-state index contributed by atoms with van der Waals surface area (Å²) in [5, 5.41) is 12.3. The second-order valence-corrected chi connectivity index (χ2v) is 6.61. The van der Waals surface area contributed by atoms with Crippen LogP contribution in [-0.2, 0) is 16.6 Å². The first kappa shape index (κ1) is 16.0. The number of nitrogens with one attached hydrogen (secondary N) is 1. The van der Waals surface area contributed by atoms with Crippen molar-refractivity contribution in [2.75, 3.05) is 6.61 Å². The van der Waals surface area contributed by atoms with Crippen molar-refractivity contribution in [1.29, 1.82) is 0 Å². The molecule has 1 aliphatic rings. The molecule has 116 valence electrons. The van der Waals surface area contributed by atoms with Crippen LogP contribution in [0.1, 0.15) is 51.2 Å². The molecule has 21 heavy (non-hydrogen) atoms. The predicted octanol–water partition coefficient (Wildman–Crippen LogP) is 2.80. The van der Waals surface area contributed by atoms with Crippen LogP contribution in [0.2, 0.25) is 0 Å². The molecule has 3 nitrogen and oxygen atoms in total. The number of aryl methyl sites for hydroxylation is 1. The SMILES string of the molecule is CCc1ccc(C(C)(C)C(=O)NC(CCO)C2CC2)cc1. The van der Waals surface area contributed by atoms with Gasteiger partial charge in [0, 0.05) is 12.6 Å². The van der Waals surface area contributed by atoms with Crippen LogP contribution in [0.5, 0.6) is 0 Å². The molecule has 1 aromatic carbocycles. The van der Waals surface area contributed by atoms with Crippen LogP contribution in [-0.4, -0.2) is 23.7 Å². The third kappa shape index (κ3) is 3.85. The first-order valence-corrected chi connectivity index (χ1v) is 8.00. The van der Waals surface area contributed by atoms with Crippen molar-refractivity contribution < 1.29 is 9.90 Å². The Bertz CT molecular complexity index is 474. The highest BCUT2D eigenvalue weighted by Gasteiger charge is 2.36.